The number of hydrogen-bond acceptors (Lipinski definition) is 5. The molecule has 0 aromatic carbocycles. The highest BCUT2D eigenvalue weighted by atomic mass is 16.5. The Morgan fingerprint density at radius 2 is 2.53 bits per heavy atom. The zero-order valence-electron chi connectivity index (χ0n) is 9.59. The van der Waals surface area contributed by atoms with Crippen LogP contribution in [0.1, 0.15) is 12.0 Å². The Labute approximate surface area is 99.6 Å². The lowest BCUT2D eigenvalue weighted by Gasteiger charge is -2.17. The van der Waals surface area contributed by atoms with E-state index < -0.39 is 0 Å². The number of rotatable bonds is 3. The van der Waals surface area contributed by atoms with E-state index in [2.05, 4.69) is 4.98 Å². The van der Waals surface area contributed by atoms with Crippen LogP contribution < -0.4 is 9.64 Å². The van der Waals surface area contributed by atoms with E-state index in [9.17, 15) is 4.79 Å². The predicted molar refractivity (Wildman–Crippen MR) is 61.9 cm³/mol. The van der Waals surface area contributed by atoms with E-state index in [0.29, 0.717) is 17.9 Å². The van der Waals surface area contributed by atoms with Crippen LogP contribution in [0.15, 0.2) is 12.3 Å². The Bertz CT molecular complexity index is 467. The molecule has 1 saturated heterocycles. The van der Waals surface area contributed by atoms with Crippen LogP contribution in [0.2, 0.25) is 0 Å². The lowest BCUT2D eigenvalue weighted by molar-refractivity contribution is -0.110. The van der Waals surface area contributed by atoms with Crippen LogP contribution in [0.3, 0.4) is 0 Å². The molecule has 88 valence electrons. The number of carbonyl (C=O) groups is 1. The smallest absolute Gasteiger partial charge is 0.141 e. The van der Waals surface area contributed by atoms with Crippen LogP contribution in [0, 0.1) is 17.2 Å². The van der Waals surface area contributed by atoms with Crippen molar-refractivity contribution < 1.29 is 9.53 Å². The summed E-state index contributed by atoms with van der Waals surface area (Å²) in [6, 6.07) is 3.76. The Morgan fingerprint density at radius 3 is 3.12 bits per heavy atom. The Morgan fingerprint density at radius 1 is 1.71 bits per heavy atom. The minimum Gasteiger partial charge on any atom is -0.495 e. The first kappa shape index (κ1) is 11.4. The number of carbonyl (C=O) groups excluding carboxylic acids is 1. The van der Waals surface area contributed by atoms with E-state index in [1.807, 2.05) is 11.0 Å². The van der Waals surface area contributed by atoms with Gasteiger partial charge in [0.1, 0.15) is 29.5 Å². The van der Waals surface area contributed by atoms with Crippen molar-refractivity contribution in [1.82, 2.24) is 4.98 Å². The molecule has 0 saturated carbocycles. The van der Waals surface area contributed by atoms with Crippen LogP contribution in [0.25, 0.3) is 0 Å². The molecule has 0 N–H and O–H groups in total. The molecule has 2 heterocycles. The number of methoxy groups -OCH3 is 1. The first-order chi connectivity index (χ1) is 8.28. The molecule has 1 aliphatic rings. The van der Waals surface area contributed by atoms with Crippen molar-refractivity contribution >= 4 is 12.1 Å². The fourth-order valence-corrected chi connectivity index (χ4v) is 1.96. The lowest BCUT2D eigenvalue weighted by Crippen LogP contribution is -2.21. The Kier molecular flexibility index (Phi) is 3.24. The highest BCUT2D eigenvalue weighted by molar-refractivity contribution is 5.58. The molecule has 0 radical (unpaired) electrons. The van der Waals surface area contributed by atoms with Gasteiger partial charge in [0.2, 0.25) is 0 Å². The number of aldehydes is 1. The van der Waals surface area contributed by atoms with Crippen molar-refractivity contribution in [2.75, 3.05) is 25.1 Å². The third-order valence-electron chi connectivity index (χ3n) is 2.93. The largest absolute Gasteiger partial charge is 0.495 e. The summed E-state index contributed by atoms with van der Waals surface area (Å²) in [4.78, 5) is 16.9. The molecule has 2 rings (SSSR count). The molecule has 0 amide bonds. The molecule has 1 aromatic rings. The molecule has 0 spiro atoms. The normalized spacial score (nSPS) is 18.8. The highest BCUT2D eigenvalue weighted by Crippen LogP contribution is 2.26. The number of anilines is 1. The van der Waals surface area contributed by atoms with Crippen molar-refractivity contribution in [2.45, 2.75) is 6.42 Å². The lowest BCUT2D eigenvalue weighted by atomic mass is 10.1. The summed E-state index contributed by atoms with van der Waals surface area (Å²) in [6.07, 6.45) is 3.34. The highest BCUT2D eigenvalue weighted by Gasteiger charge is 2.23. The summed E-state index contributed by atoms with van der Waals surface area (Å²) in [6.45, 7) is 1.50. The molecule has 1 aliphatic heterocycles. The molecule has 5 nitrogen and oxygen atoms in total. The maximum atomic E-state index is 10.7. The molecule has 0 bridgehead atoms. The van der Waals surface area contributed by atoms with E-state index >= 15 is 0 Å². The SMILES string of the molecule is COc1cc(N2CCC(C=O)C2)ncc1C#N. The standard InChI is InChI=1S/C12H13N3O2/c1-17-11-4-12(14-6-10(11)5-13)15-3-2-9(7-15)8-16/h4,6,8-9H,2-3,7H2,1H3. The summed E-state index contributed by atoms with van der Waals surface area (Å²) < 4.78 is 5.13. The Balaban J connectivity index is 2.23. The molecule has 17 heavy (non-hydrogen) atoms. The maximum absolute atomic E-state index is 10.7. The zero-order chi connectivity index (χ0) is 12.3. The number of nitrogens with zero attached hydrogens (tertiary/aromatic N) is 3. The fraction of sp³-hybridized carbons (Fsp3) is 0.417. The predicted octanol–water partition coefficient (Wildman–Crippen LogP) is 0.987. The zero-order valence-corrected chi connectivity index (χ0v) is 9.59. The monoisotopic (exact) mass is 231 g/mol. The topological polar surface area (TPSA) is 66.2 Å². The number of hydrogen-bond donors (Lipinski definition) is 0. The van der Waals surface area contributed by atoms with E-state index in [1.54, 1.807) is 6.07 Å². The number of nitriles is 1. The van der Waals surface area contributed by atoms with Gasteiger partial charge in [0.05, 0.1) is 13.3 Å². The quantitative estimate of drug-likeness (QED) is 0.726. The minimum atomic E-state index is 0.0819. The van der Waals surface area contributed by atoms with Gasteiger partial charge in [0.25, 0.3) is 0 Å². The average Bonchev–Trinajstić information content (AvgIpc) is 2.86. The molecular weight excluding hydrogens is 218 g/mol. The van der Waals surface area contributed by atoms with Gasteiger partial charge in [-0.3, -0.25) is 0 Å². The van der Waals surface area contributed by atoms with Crippen LogP contribution in [-0.2, 0) is 4.79 Å². The number of ether oxygens (including phenoxy) is 1. The summed E-state index contributed by atoms with van der Waals surface area (Å²) in [5.74, 6) is 1.36. The molecule has 1 fully saturated rings. The summed E-state index contributed by atoms with van der Waals surface area (Å²) >= 11 is 0. The van der Waals surface area contributed by atoms with Crippen molar-refractivity contribution in [1.29, 1.82) is 5.26 Å². The average molecular weight is 231 g/mol. The third kappa shape index (κ3) is 2.21. The second-order valence-corrected chi connectivity index (χ2v) is 3.99. The molecule has 1 atom stereocenters. The molecule has 0 aliphatic carbocycles. The van der Waals surface area contributed by atoms with Gasteiger partial charge in [0.15, 0.2) is 0 Å². The van der Waals surface area contributed by atoms with Gasteiger partial charge in [-0.1, -0.05) is 0 Å². The summed E-state index contributed by atoms with van der Waals surface area (Å²) in [5.41, 5.74) is 0.419. The maximum Gasteiger partial charge on any atom is 0.141 e. The van der Waals surface area contributed by atoms with Crippen LogP contribution in [0.5, 0.6) is 5.75 Å². The second kappa shape index (κ2) is 4.83. The van der Waals surface area contributed by atoms with Crippen molar-refractivity contribution in [3.63, 3.8) is 0 Å². The second-order valence-electron chi connectivity index (χ2n) is 3.99. The minimum absolute atomic E-state index is 0.0819. The van der Waals surface area contributed by atoms with Crippen molar-refractivity contribution in [3.05, 3.63) is 17.8 Å². The Hall–Kier alpha value is -2.09. The van der Waals surface area contributed by atoms with Crippen LogP contribution in [-0.4, -0.2) is 31.5 Å². The van der Waals surface area contributed by atoms with E-state index in [4.69, 9.17) is 10.00 Å². The van der Waals surface area contributed by atoms with E-state index in [1.165, 1.54) is 13.3 Å². The fourth-order valence-electron chi connectivity index (χ4n) is 1.96. The summed E-state index contributed by atoms with van der Waals surface area (Å²) in [5, 5.41) is 8.86. The molecule has 5 heteroatoms. The van der Waals surface area contributed by atoms with Crippen LogP contribution in [0.4, 0.5) is 5.82 Å². The van der Waals surface area contributed by atoms with E-state index in [0.717, 1.165) is 25.1 Å². The third-order valence-corrected chi connectivity index (χ3v) is 2.93. The van der Waals surface area contributed by atoms with Crippen molar-refractivity contribution in [3.8, 4) is 11.8 Å². The van der Waals surface area contributed by atoms with Crippen molar-refractivity contribution in [2.24, 2.45) is 5.92 Å². The van der Waals surface area contributed by atoms with Gasteiger partial charge in [-0.15, -0.1) is 0 Å². The van der Waals surface area contributed by atoms with Gasteiger partial charge in [-0.25, -0.2) is 4.98 Å². The molecular formula is C12H13N3O2. The number of aromatic nitrogens is 1. The first-order valence-corrected chi connectivity index (χ1v) is 5.43. The van der Waals surface area contributed by atoms with Gasteiger partial charge >= 0.3 is 0 Å². The van der Waals surface area contributed by atoms with Gasteiger partial charge < -0.3 is 14.4 Å². The first-order valence-electron chi connectivity index (χ1n) is 5.43. The van der Waals surface area contributed by atoms with Gasteiger partial charge in [-0.2, -0.15) is 5.26 Å². The van der Waals surface area contributed by atoms with Gasteiger partial charge in [0, 0.05) is 25.1 Å². The van der Waals surface area contributed by atoms with Crippen LogP contribution >= 0.6 is 0 Å². The van der Waals surface area contributed by atoms with E-state index in [-0.39, 0.29) is 5.92 Å². The van der Waals surface area contributed by atoms with Gasteiger partial charge in [-0.05, 0) is 6.42 Å². The molecule has 1 aromatic heterocycles. The summed E-state index contributed by atoms with van der Waals surface area (Å²) in [7, 11) is 1.53. The number of pyridine rings is 1. The molecule has 1 unspecified atom stereocenters.